The van der Waals surface area contributed by atoms with E-state index >= 15 is 0 Å². The van der Waals surface area contributed by atoms with Gasteiger partial charge in [0.25, 0.3) is 0 Å². The number of fused-ring (bicyclic) bond motifs is 1. The van der Waals surface area contributed by atoms with E-state index in [0.717, 1.165) is 62.1 Å². The predicted octanol–water partition coefficient (Wildman–Crippen LogP) is 5.96. The smallest absolute Gasteiger partial charge is 0.165 e. The third-order valence-electron chi connectivity index (χ3n) is 6.82. The van der Waals surface area contributed by atoms with Crippen LogP contribution in [0.3, 0.4) is 0 Å². The first-order chi connectivity index (χ1) is 18.3. The summed E-state index contributed by atoms with van der Waals surface area (Å²) >= 11 is 0. The van der Waals surface area contributed by atoms with E-state index in [0.29, 0.717) is 12.1 Å². The molecule has 0 bridgehead atoms. The fraction of sp³-hybridized carbons (Fsp3) is 0.226. The van der Waals surface area contributed by atoms with Crippen molar-refractivity contribution in [3.63, 3.8) is 0 Å². The molecule has 0 aliphatic heterocycles. The molecule has 0 atom stereocenters. The second-order valence-electron chi connectivity index (χ2n) is 9.91. The average molecular weight is 502 g/mol. The van der Waals surface area contributed by atoms with Crippen LogP contribution in [0.5, 0.6) is 0 Å². The Hall–Kier alpha value is -4.70. The largest absolute Gasteiger partial charge is 0.363 e. The maximum Gasteiger partial charge on any atom is 0.165 e. The van der Waals surface area contributed by atoms with Gasteiger partial charge >= 0.3 is 0 Å². The number of nitriles is 1. The van der Waals surface area contributed by atoms with Crippen LogP contribution in [0.1, 0.15) is 28.1 Å². The molecule has 5 rings (SSSR count). The van der Waals surface area contributed by atoms with Gasteiger partial charge in [0.05, 0.1) is 22.9 Å². The van der Waals surface area contributed by atoms with Crippen LogP contribution < -0.4 is 9.80 Å². The summed E-state index contributed by atoms with van der Waals surface area (Å²) in [5, 5.41) is 14.4. The molecular weight excluding hydrogens is 470 g/mol. The van der Waals surface area contributed by atoms with Gasteiger partial charge < -0.3 is 9.80 Å². The van der Waals surface area contributed by atoms with E-state index in [9.17, 15) is 5.26 Å². The normalized spacial score (nSPS) is 11.0. The fourth-order valence-corrected chi connectivity index (χ4v) is 4.84. The molecule has 3 heterocycles. The van der Waals surface area contributed by atoms with Gasteiger partial charge in [-0.25, -0.2) is 9.97 Å². The Kier molecular flexibility index (Phi) is 6.56. The highest BCUT2D eigenvalue weighted by atomic mass is 15.3. The first-order valence-corrected chi connectivity index (χ1v) is 12.6. The van der Waals surface area contributed by atoms with Crippen LogP contribution in [0.4, 0.5) is 11.6 Å². The zero-order valence-corrected chi connectivity index (χ0v) is 22.7. The summed E-state index contributed by atoms with van der Waals surface area (Å²) in [6.45, 7) is 6.85. The van der Waals surface area contributed by atoms with Crippen molar-refractivity contribution in [3.05, 3.63) is 94.9 Å². The number of nitrogens with zero attached hydrogens (tertiary/aromatic N) is 7. The van der Waals surface area contributed by atoms with Crippen molar-refractivity contribution >= 4 is 17.3 Å². The summed E-state index contributed by atoms with van der Waals surface area (Å²) in [7, 11) is 6.06. The molecule has 0 N–H and O–H groups in total. The summed E-state index contributed by atoms with van der Waals surface area (Å²) in [6, 6.07) is 22.5. The Labute approximate surface area is 223 Å². The Bertz CT molecular complexity index is 1670. The molecule has 3 aromatic heterocycles. The molecule has 2 aromatic carbocycles. The minimum Gasteiger partial charge on any atom is -0.363 e. The molecule has 0 unspecified atom stereocenters. The van der Waals surface area contributed by atoms with Gasteiger partial charge in [0, 0.05) is 51.2 Å². The Morgan fingerprint density at radius 3 is 2.34 bits per heavy atom. The van der Waals surface area contributed by atoms with E-state index in [1.165, 1.54) is 0 Å². The van der Waals surface area contributed by atoms with Crippen molar-refractivity contribution in [1.82, 2.24) is 19.6 Å². The molecule has 0 aliphatic carbocycles. The number of hydrogen-bond donors (Lipinski definition) is 0. The summed E-state index contributed by atoms with van der Waals surface area (Å²) in [5.41, 5.74) is 9.70. The Morgan fingerprint density at radius 2 is 1.66 bits per heavy atom. The van der Waals surface area contributed by atoms with Crippen molar-refractivity contribution in [1.29, 1.82) is 5.26 Å². The molecular formula is C31H31N7. The Morgan fingerprint density at radius 1 is 0.921 bits per heavy atom. The van der Waals surface area contributed by atoms with Crippen molar-refractivity contribution in [3.8, 4) is 28.3 Å². The van der Waals surface area contributed by atoms with Gasteiger partial charge in [-0.3, -0.25) is 0 Å². The minimum atomic E-state index is 0.679. The van der Waals surface area contributed by atoms with Gasteiger partial charge in [0.2, 0.25) is 0 Å². The lowest BCUT2D eigenvalue weighted by atomic mass is 9.99. The van der Waals surface area contributed by atoms with Crippen LogP contribution >= 0.6 is 0 Å². The number of pyridine rings is 1. The SMILES string of the molecule is Cc1cc(N(C)Cc2ccc(-c3ccccc3C#N)cc2)n2nc(C)c(-c3cnc(N(C)C)cc3C)c2n1. The molecule has 5 aromatic rings. The Balaban J connectivity index is 1.49. The lowest BCUT2D eigenvalue weighted by Gasteiger charge is -2.21. The molecule has 7 nitrogen and oxygen atoms in total. The fourth-order valence-electron chi connectivity index (χ4n) is 4.84. The van der Waals surface area contributed by atoms with E-state index in [-0.39, 0.29) is 0 Å². The van der Waals surface area contributed by atoms with Crippen LogP contribution in [-0.2, 0) is 6.54 Å². The van der Waals surface area contributed by atoms with Gasteiger partial charge in [-0.05, 0) is 55.2 Å². The van der Waals surface area contributed by atoms with Gasteiger partial charge in [0.1, 0.15) is 11.6 Å². The monoisotopic (exact) mass is 501 g/mol. The third-order valence-corrected chi connectivity index (χ3v) is 6.82. The van der Waals surface area contributed by atoms with Gasteiger partial charge in [-0.2, -0.15) is 14.9 Å². The second kappa shape index (κ2) is 9.98. The van der Waals surface area contributed by atoms with E-state index in [2.05, 4.69) is 66.3 Å². The minimum absolute atomic E-state index is 0.679. The topological polar surface area (TPSA) is 73.3 Å². The van der Waals surface area contributed by atoms with Gasteiger partial charge in [-0.15, -0.1) is 0 Å². The lowest BCUT2D eigenvalue weighted by molar-refractivity contribution is 0.821. The number of rotatable bonds is 6. The second-order valence-corrected chi connectivity index (χ2v) is 9.91. The molecule has 0 saturated carbocycles. The molecule has 0 radical (unpaired) electrons. The average Bonchev–Trinajstić information content (AvgIpc) is 3.23. The number of hydrogen-bond acceptors (Lipinski definition) is 6. The molecule has 38 heavy (non-hydrogen) atoms. The van der Waals surface area contributed by atoms with Crippen LogP contribution in [-0.4, -0.2) is 40.7 Å². The lowest BCUT2D eigenvalue weighted by Crippen LogP contribution is -2.20. The quantitative estimate of drug-likeness (QED) is 0.286. The summed E-state index contributed by atoms with van der Waals surface area (Å²) in [4.78, 5) is 13.7. The first-order valence-electron chi connectivity index (χ1n) is 12.6. The maximum absolute atomic E-state index is 9.46. The standard InChI is InChI=1S/C31H31N7/c1-20-15-28(36(4)5)33-18-27(20)30-22(3)35-38-29(16-21(2)34-31(30)38)37(6)19-23-11-13-24(14-12-23)26-10-8-7-9-25(26)17-32/h7-16,18H,19H2,1-6H3. The molecule has 0 amide bonds. The molecule has 0 fully saturated rings. The highest BCUT2D eigenvalue weighted by Crippen LogP contribution is 2.33. The van der Waals surface area contributed by atoms with Gasteiger partial charge in [0.15, 0.2) is 5.65 Å². The third kappa shape index (κ3) is 4.57. The van der Waals surface area contributed by atoms with Crippen LogP contribution in [0.2, 0.25) is 0 Å². The van der Waals surface area contributed by atoms with Crippen LogP contribution in [0.15, 0.2) is 66.9 Å². The number of aromatic nitrogens is 4. The predicted molar refractivity (Wildman–Crippen MR) is 153 cm³/mol. The molecule has 7 heteroatoms. The van der Waals surface area contributed by atoms with Crippen LogP contribution in [0.25, 0.3) is 27.9 Å². The van der Waals surface area contributed by atoms with Gasteiger partial charge in [-0.1, -0.05) is 42.5 Å². The molecule has 0 spiro atoms. The van der Waals surface area contributed by atoms with Crippen molar-refractivity contribution < 1.29 is 0 Å². The van der Waals surface area contributed by atoms with Crippen LogP contribution in [0, 0.1) is 32.1 Å². The highest BCUT2D eigenvalue weighted by Gasteiger charge is 2.20. The van der Waals surface area contributed by atoms with Crippen molar-refractivity contribution in [2.24, 2.45) is 0 Å². The zero-order chi connectivity index (χ0) is 27.0. The summed E-state index contributed by atoms with van der Waals surface area (Å²) < 4.78 is 1.94. The van der Waals surface area contributed by atoms with E-state index in [1.807, 2.05) is 67.8 Å². The van der Waals surface area contributed by atoms with E-state index in [1.54, 1.807) is 0 Å². The zero-order valence-electron chi connectivity index (χ0n) is 22.7. The highest BCUT2D eigenvalue weighted by molar-refractivity contribution is 5.83. The summed E-state index contributed by atoms with van der Waals surface area (Å²) in [5.74, 6) is 1.89. The maximum atomic E-state index is 9.46. The van der Waals surface area contributed by atoms with Crippen molar-refractivity contribution in [2.75, 3.05) is 30.9 Å². The molecule has 190 valence electrons. The van der Waals surface area contributed by atoms with E-state index in [4.69, 9.17) is 10.1 Å². The van der Waals surface area contributed by atoms with Crippen molar-refractivity contribution in [2.45, 2.75) is 27.3 Å². The number of benzene rings is 2. The van der Waals surface area contributed by atoms with E-state index < -0.39 is 0 Å². The summed E-state index contributed by atoms with van der Waals surface area (Å²) in [6.07, 6.45) is 1.92. The molecule has 0 saturated heterocycles. The first kappa shape index (κ1) is 25.0. The molecule has 0 aliphatic rings. The number of aryl methyl sites for hydroxylation is 3. The number of anilines is 2.